The van der Waals surface area contributed by atoms with Crippen molar-refractivity contribution in [2.45, 2.75) is 82.5 Å². The highest BCUT2D eigenvalue weighted by atomic mass is 19.1. The Balaban J connectivity index is 1.48. The van der Waals surface area contributed by atoms with Gasteiger partial charge in [0, 0.05) is 45.2 Å². The molecule has 10 nitrogen and oxygen atoms in total. The standard InChI is InChI=1S/C24H35FN6O4/c1-23(8-3-4-9-23)15-17(26-22(35)31-10-5-6-11-31)20(33)28-24(13-16(25)14-24)19(32)21(34)27-18-7-12-30(2)29-18/h7,12,16-17H,3-6,8-11,13-15H2,1-2H3,(H,26,35)(H,28,33)(H,27,29,34). The van der Waals surface area contributed by atoms with E-state index in [2.05, 4.69) is 28.0 Å². The molecule has 4 amide bonds. The molecule has 2 saturated carbocycles. The summed E-state index contributed by atoms with van der Waals surface area (Å²) in [5.74, 6) is -2.25. The van der Waals surface area contributed by atoms with Crippen LogP contribution < -0.4 is 16.0 Å². The molecular formula is C24H35FN6O4. The number of hydrogen-bond donors (Lipinski definition) is 3. The molecule has 35 heavy (non-hydrogen) atoms. The molecular weight excluding hydrogens is 455 g/mol. The Kier molecular flexibility index (Phi) is 7.14. The van der Waals surface area contributed by atoms with Crippen LogP contribution in [0.3, 0.4) is 0 Å². The molecule has 0 aromatic carbocycles. The van der Waals surface area contributed by atoms with Crippen LogP contribution in [0.1, 0.15) is 64.7 Å². The Hall–Kier alpha value is -2.98. The summed E-state index contributed by atoms with van der Waals surface area (Å²) in [4.78, 5) is 53.7. The lowest BCUT2D eigenvalue weighted by Crippen LogP contribution is -2.68. The molecule has 192 valence electrons. The van der Waals surface area contributed by atoms with Crippen molar-refractivity contribution in [3.05, 3.63) is 12.3 Å². The van der Waals surface area contributed by atoms with E-state index < -0.39 is 35.4 Å². The third kappa shape index (κ3) is 5.65. The molecule has 1 aliphatic heterocycles. The average molecular weight is 491 g/mol. The van der Waals surface area contributed by atoms with Gasteiger partial charge in [-0.15, -0.1) is 0 Å². The Bertz CT molecular complexity index is 976. The maximum Gasteiger partial charge on any atom is 0.318 e. The quantitative estimate of drug-likeness (QED) is 0.481. The van der Waals surface area contributed by atoms with Gasteiger partial charge in [-0.25, -0.2) is 9.18 Å². The van der Waals surface area contributed by atoms with Crippen molar-refractivity contribution >= 4 is 29.4 Å². The van der Waals surface area contributed by atoms with E-state index in [0.29, 0.717) is 19.5 Å². The summed E-state index contributed by atoms with van der Waals surface area (Å²) in [6.45, 7) is 3.37. The van der Waals surface area contributed by atoms with E-state index in [4.69, 9.17) is 0 Å². The fourth-order valence-corrected chi connectivity index (χ4v) is 5.53. The van der Waals surface area contributed by atoms with Crippen molar-refractivity contribution in [2.75, 3.05) is 18.4 Å². The minimum absolute atomic E-state index is 0.115. The molecule has 1 saturated heterocycles. The van der Waals surface area contributed by atoms with Crippen LogP contribution in [-0.4, -0.2) is 69.2 Å². The van der Waals surface area contributed by atoms with E-state index in [9.17, 15) is 23.6 Å². The first-order chi connectivity index (χ1) is 16.6. The van der Waals surface area contributed by atoms with Gasteiger partial charge in [-0.05, 0) is 37.5 Å². The van der Waals surface area contributed by atoms with E-state index in [-0.39, 0.29) is 30.1 Å². The Labute approximate surface area is 204 Å². The van der Waals surface area contributed by atoms with Crippen LogP contribution in [0.2, 0.25) is 0 Å². The number of halogens is 1. The minimum Gasteiger partial charge on any atom is -0.341 e. The van der Waals surface area contributed by atoms with Gasteiger partial charge in [0.05, 0.1) is 0 Å². The van der Waals surface area contributed by atoms with Crippen molar-refractivity contribution in [1.29, 1.82) is 0 Å². The van der Waals surface area contributed by atoms with Crippen LogP contribution in [0.4, 0.5) is 15.0 Å². The third-order valence-electron chi connectivity index (χ3n) is 7.61. The molecule has 2 heterocycles. The maximum absolute atomic E-state index is 14.0. The molecule has 0 radical (unpaired) electrons. The first-order valence-electron chi connectivity index (χ1n) is 12.5. The van der Waals surface area contributed by atoms with Crippen molar-refractivity contribution in [1.82, 2.24) is 25.3 Å². The number of Topliss-reactive ketones (excluding diaryl/α,β-unsaturated/α-hetero) is 1. The number of alkyl halides is 1. The van der Waals surface area contributed by atoms with E-state index >= 15 is 0 Å². The Morgan fingerprint density at radius 1 is 1.14 bits per heavy atom. The van der Waals surface area contributed by atoms with Gasteiger partial charge in [-0.2, -0.15) is 5.10 Å². The van der Waals surface area contributed by atoms with Crippen LogP contribution in [0.15, 0.2) is 12.3 Å². The van der Waals surface area contributed by atoms with Crippen LogP contribution >= 0.6 is 0 Å². The second kappa shape index (κ2) is 9.94. The van der Waals surface area contributed by atoms with Gasteiger partial charge in [-0.1, -0.05) is 19.8 Å². The molecule has 3 fully saturated rings. The number of aromatic nitrogens is 2. The number of hydrogen-bond acceptors (Lipinski definition) is 5. The lowest BCUT2D eigenvalue weighted by molar-refractivity contribution is -0.146. The Morgan fingerprint density at radius 3 is 2.37 bits per heavy atom. The van der Waals surface area contributed by atoms with Gasteiger partial charge in [0.15, 0.2) is 5.82 Å². The highest BCUT2D eigenvalue weighted by molar-refractivity contribution is 6.44. The fraction of sp³-hybridized carbons (Fsp3) is 0.708. The highest BCUT2D eigenvalue weighted by Crippen LogP contribution is 2.42. The molecule has 1 unspecified atom stereocenters. The number of carbonyl (C=O) groups excluding carboxylic acids is 4. The summed E-state index contributed by atoms with van der Waals surface area (Å²) in [7, 11) is 1.67. The number of rotatable bonds is 8. The number of nitrogens with zero attached hydrogens (tertiary/aromatic N) is 3. The molecule has 1 aromatic rings. The Morgan fingerprint density at radius 2 is 1.80 bits per heavy atom. The molecule has 4 rings (SSSR count). The number of ketones is 1. The smallest absolute Gasteiger partial charge is 0.318 e. The van der Waals surface area contributed by atoms with Crippen LogP contribution in [0.25, 0.3) is 0 Å². The molecule has 0 spiro atoms. The van der Waals surface area contributed by atoms with Crippen LogP contribution in [0.5, 0.6) is 0 Å². The van der Waals surface area contributed by atoms with E-state index in [1.54, 1.807) is 18.1 Å². The van der Waals surface area contributed by atoms with Gasteiger partial charge >= 0.3 is 6.03 Å². The summed E-state index contributed by atoms with van der Waals surface area (Å²) in [5.41, 5.74) is -1.75. The monoisotopic (exact) mass is 490 g/mol. The van der Waals surface area contributed by atoms with Gasteiger partial charge in [-0.3, -0.25) is 19.1 Å². The van der Waals surface area contributed by atoms with Gasteiger partial charge < -0.3 is 20.9 Å². The number of nitrogens with one attached hydrogen (secondary N) is 3. The second-order valence-corrected chi connectivity index (χ2v) is 10.7. The zero-order valence-corrected chi connectivity index (χ0v) is 20.4. The number of anilines is 1. The molecule has 2 aliphatic carbocycles. The lowest BCUT2D eigenvalue weighted by atomic mass is 9.71. The topological polar surface area (TPSA) is 125 Å². The molecule has 3 aliphatic rings. The first kappa shape index (κ1) is 25.1. The van der Waals surface area contributed by atoms with E-state index in [1.807, 2.05) is 0 Å². The van der Waals surface area contributed by atoms with E-state index in [1.165, 1.54) is 10.7 Å². The zero-order valence-electron chi connectivity index (χ0n) is 20.4. The van der Waals surface area contributed by atoms with Crippen molar-refractivity contribution in [3.8, 4) is 0 Å². The summed E-state index contributed by atoms with van der Waals surface area (Å²) >= 11 is 0. The average Bonchev–Trinajstić information content (AvgIpc) is 3.54. The zero-order chi connectivity index (χ0) is 25.2. The van der Waals surface area contributed by atoms with E-state index in [0.717, 1.165) is 38.5 Å². The first-order valence-corrected chi connectivity index (χ1v) is 12.5. The lowest BCUT2D eigenvalue weighted by Gasteiger charge is -2.43. The third-order valence-corrected chi connectivity index (χ3v) is 7.61. The number of amides is 4. The molecule has 11 heteroatoms. The maximum atomic E-state index is 14.0. The second-order valence-electron chi connectivity index (χ2n) is 10.7. The number of likely N-dealkylation sites (tertiary alicyclic amines) is 1. The summed E-state index contributed by atoms with van der Waals surface area (Å²) in [5, 5.41) is 12.0. The molecule has 0 bridgehead atoms. The van der Waals surface area contributed by atoms with Crippen molar-refractivity contribution < 1.29 is 23.6 Å². The van der Waals surface area contributed by atoms with Crippen LogP contribution in [-0.2, 0) is 21.4 Å². The summed E-state index contributed by atoms with van der Waals surface area (Å²) < 4.78 is 15.5. The van der Waals surface area contributed by atoms with Crippen LogP contribution in [0, 0.1) is 5.41 Å². The number of aryl methyl sites for hydroxylation is 1. The summed E-state index contributed by atoms with van der Waals surface area (Å²) in [6.07, 6.45) is 6.01. The normalized spacial score (nSPS) is 26.0. The molecule has 3 N–H and O–H groups in total. The predicted molar refractivity (Wildman–Crippen MR) is 126 cm³/mol. The molecule has 1 atom stereocenters. The van der Waals surface area contributed by atoms with Gasteiger partial charge in [0.1, 0.15) is 17.8 Å². The van der Waals surface area contributed by atoms with Gasteiger partial charge in [0.25, 0.3) is 5.91 Å². The fourth-order valence-electron chi connectivity index (χ4n) is 5.53. The number of carbonyl (C=O) groups is 4. The highest BCUT2D eigenvalue weighted by Gasteiger charge is 2.54. The van der Waals surface area contributed by atoms with Gasteiger partial charge in [0.2, 0.25) is 11.7 Å². The largest absolute Gasteiger partial charge is 0.341 e. The van der Waals surface area contributed by atoms with Crippen molar-refractivity contribution in [3.63, 3.8) is 0 Å². The SMILES string of the molecule is Cn1ccc(NC(=O)C(=O)C2(NC(=O)C(CC3(C)CCCC3)NC(=O)N3CCCC3)CC(F)C2)n1. The minimum atomic E-state index is -1.64. The predicted octanol–water partition coefficient (Wildman–Crippen LogP) is 2.06. The number of urea groups is 1. The summed E-state index contributed by atoms with van der Waals surface area (Å²) in [6, 6.07) is 0.337. The molecule has 1 aromatic heterocycles. The van der Waals surface area contributed by atoms with Crippen molar-refractivity contribution in [2.24, 2.45) is 12.5 Å².